The maximum absolute atomic E-state index is 12.2. The molecule has 0 saturated heterocycles. The van der Waals surface area contributed by atoms with Crippen molar-refractivity contribution in [1.82, 2.24) is 0 Å². The van der Waals surface area contributed by atoms with Crippen LogP contribution in [0.5, 0.6) is 5.75 Å². The molecular formula is C24H15Cl3O3. The minimum absolute atomic E-state index is 0.372. The molecule has 1 heterocycles. The van der Waals surface area contributed by atoms with Gasteiger partial charge < -0.3 is 9.47 Å². The van der Waals surface area contributed by atoms with Crippen LogP contribution in [0.3, 0.4) is 0 Å². The predicted molar refractivity (Wildman–Crippen MR) is 121 cm³/mol. The lowest BCUT2D eigenvalue weighted by Crippen LogP contribution is -1.97. The fraction of sp³-hybridized carbons (Fsp3) is 0.0417. The second-order valence-corrected chi connectivity index (χ2v) is 7.86. The van der Waals surface area contributed by atoms with Crippen LogP contribution >= 0.6 is 34.8 Å². The molecule has 30 heavy (non-hydrogen) atoms. The van der Waals surface area contributed by atoms with Crippen LogP contribution in [0, 0.1) is 0 Å². The van der Waals surface area contributed by atoms with E-state index in [9.17, 15) is 4.79 Å². The zero-order valence-corrected chi connectivity index (χ0v) is 17.8. The Labute approximate surface area is 189 Å². The molecule has 0 radical (unpaired) electrons. The monoisotopic (exact) mass is 456 g/mol. The van der Waals surface area contributed by atoms with Gasteiger partial charge in [-0.25, -0.2) is 4.79 Å². The first kappa shape index (κ1) is 20.5. The Kier molecular flexibility index (Phi) is 6.14. The summed E-state index contributed by atoms with van der Waals surface area (Å²) in [4.78, 5) is 12.2. The quantitative estimate of drug-likeness (QED) is 0.300. The summed E-state index contributed by atoms with van der Waals surface area (Å²) in [5, 5.41) is 1.63. The van der Waals surface area contributed by atoms with Gasteiger partial charge in [0.05, 0.1) is 15.6 Å². The molecule has 0 saturated carbocycles. The number of halogens is 3. The third-order valence-electron chi connectivity index (χ3n) is 4.45. The highest BCUT2D eigenvalue weighted by Crippen LogP contribution is 2.29. The van der Waals surface area contributed by atoms with Gasteiger partial charge in [0.2, 0.25) is 0 Å². The number of hydrogen-bond donors (Lipinski definition) is 0. The van der Waals surface area contributed by atoms with Gasteiger partial charge >= 0.3 is 5.97 Å². The van der Waals surface area contributed by atoms with E-state index < -0.39 is 0 Å². The van der Waals surface area contributed by atoms with Crippen molar-refractivity contribution >= 4 is 52.6 Å². The van der Waals surface area contributed by atoms with E-state index in [0.29, 0.717) is 38.8 Å². The van der Waals surface area contributed by atoms with Crippen molar-refractivity contribution in [1.29, 1.82) is 0 Å². The Bertz CT molecular complexity index is 1150. The van der Waals surface area contributed by atoms with Gasteiger partial charge in [-0.15, -0.1) is 0 Å². The summed E-state index contributed by atoms with van der Waals surface area (Å²) in [6.07, 6.45) is 3.49. The van der Waals surface area contributed by atoms with Crippen LogP contribution in [0.4, 0.5) is 0 Å². The summed E-state index contributed by atoms with van der Waals surface area (Å²) in [6, 6.07) is 19.9. The standard InChI is InChI=1S/C24H15Cl3O3/c25-19-6-4-17(5-7-19)23-13-18(24(28)30-23)11-15-1-8-20(9-2-15)29-14-16-3-10-21(26)22(27)12-16/h1-13H,14H2/b18-11+. The van der Waals surface area contributed by atoms with Crippen molar-refractivity contribution < 1.29 is 14.3 Å². The number of esters is 1. The molecule has 0 fully saturated rings. The first-order valence-electron chi connectivity index (χ1n) is 9.06. The fourth-order valence-corrected chi connectivity index (χ4v) is 3.33. The molecule has 1 aliphatic rings. The Morgan fingerprint density at radius 1 is 0.867 bits per heavy atom. The van der Waals surface area contributed by atoms with Crippen LogP contribution in [0.1, 0.15) is 16.7 Å². The number of hydrogen-bond acceptors (Lipinski definition) is 3. The zero-order chi connectivity index (χ0) is 21.1. The molecule has 6 heteroatoms. The number of carbonyl (C=O) groups is 1. The van der Waals surface area contributed by atoms with Crippen LogP contribution in [0.25, 0.3) is 11.8 Å². The molecule has 0 bridgehead atoms. The van der Waals surface area contributed by atoms with Gasteiger partial charge in [-0.2, -0.15) is 0 Å². The first-order chi connectivity index (χ1) is 14.5. The highest BCUT2D eigenvalue weighted by Gasteiger charge is 2.21. The molecule has 0 aliphatic carbocycles. The van der Waals surface area contributed by atoms with Gasteiger partial charge in [-0.05, 0) is 71.8 Å². The van der Waals surface area contributed by atoms with E-state index in [0.717, 1.165) is 16.7 Å². The molecule has 3 aromatic carbocycles. The van der Waals surface area contributed by atoms with Crippen LogP contribution in [0.15, 0.2) is 78.4 Å². The summed E-state index contributed by atoms with van der Waals surface area (Å²) in [7, 11) is 0. The summed E-state index contributed by atoms with van der Waals surface area (Å²) >= 11 is 17.9. The van der Waals surface area contributed by atoms with E-state index >= 15 is 0 Å². The molecule has 0 aromatic heterocycles. The lowest BCUT2D eigenvalue weighted by Gasteiger charge is -2.07. The highest BCUT2D eigenvalue weighted by molar-refractivity contribution is 6.42. The molecule has 150 valence electrons. The van der Waals surface area contributed by atoms with Gasteiger partial charge in [-0.3, -0.25) is 0 Å². The Balaban J connectivity index is 1.44. The third-order valence-corrected chi connectivity index (χ3v) is 5.44. The van der Waals surface area contributed by atoms with Crippen LogP contribution in [0.2, 0.25) is 15.1 Å². The molecule has 0 unspecified atom stereocenters. The number of carbonyl (C=O) groups excluding carboxylic acids is 1. The van der Waals surface area contributed by atoms with Crippen molar-refractivity contribution in [3.63, 3.8) is 0 Å². The van der Waals surface area contributed by atoms with Crippen molar-refractivity contribution in [2.75, 3.05) is 0 Å². The van der Waals surface area contributed by atoms with E-state index in [2.05, 4.69) is 0 Å². The van der Waals surface area contributed by atoms with Crippen LogP contribution in [-0.2, 0) is 16.1 Å². The minimum Gasteiger partial charge on any atom is -0.489 e. The van der Waals surface area contributed by atoms with Gasteiger partial charge in [0.25, 0.3) is 0 Å². The number of ether oxygens (including phenoxy) is 2. The zero-order valence-electron chi connectivity index (χ0n) is 15.6. The van der Waals surface area contributed by atoms with Gasteiger partial charge in [0.1, 0.15) is 18.1 Å². The number of rotatable bonds is 5. The average Bonchev–Trinajstić information content (AvgIpc) is 3.10. The number of benzene rings is 3. The maximum Gasteiger partial charge on any atom is 0.343 e. The third kappa shape index (κ3) is 4.88. The molecule has 3 aromatic rings. The van der Waals surface area contributed by atoms with E-state index in [1.165, 1.54) is 0 Å². The fourth-order valence-electron chi connectivity index (χ4n) is 2.88. The Morgan fingerprint density at radius 2 is 1.60 bits per heavy atom. The summed E-state index contributed by atoms with van der Waals surface area (Å²) < 4.78 is 11.1. The van der Waals surface area contributed by atoms with Gasteiger partial charge in [0, 0.05) is 10.6 Å². The average molecular weight is 458 g/mol. The molecular weight excluding hydrogens is 443 g/mol. The summed E-state index contributed by atoms with van der Waals surface area (Å²) in [6.45, 7) is 0.372. The van der Waals surface area contributed by atoms with Crippen LogP contribution in [-0.4, -0.2) is 5.97 Å². The molecule has 4 rings (SSSR count). The lowest BCUT2D eigenvalue weighted by molar-refractivity contribution is -0.130. The second kappa shape index (κ2) is 8.97. The van der Waals surface area contributed by atoms with Crippen molar-refractivity contribution in [3.8, 4) is 5.75 Å². The highest BCUT2D eigenvalue weighted by atomic mass is 35.5. The second-order valence-electron chi connectivity index (χ2n) is 6.61. The topological polar surface area (TPSA) is 35.5 Å². The molecule has 3 nitrogen and oxygen atoms in total. The minimum atomic E-state index is -0.389. The SMILES string of the molecule is O=C1OC(c2ccc(Cl)cc2)=C/C1=C\c1ccc(OCc2ccc(Cl)c(Cl)c2)cc1. The lowest BCUT2D eigenvalue weighted by atomic mass is 10.1. The van der Waals surface area contributed by atoms with E-state index in [-0.39, 0.29) is 5.97 Å². The number of cyclic esters (lactones) is 1. The van der Waals surface area contributed by atoms with Gasteiger partial charge in [-0.1, -0.05) is 53.0 Å². The van der Waals surface area contributed by atoms with Crippen molar-refractivity contribution in [3.05, 3.63) is 110 Å². The molecule has 0 amide bonds. The molecule has 0 spiro atoms. The smallest absolute Gasteiger partial charge is 0.343 e. The van der Waals surface area contributed by atoms with Crippen molar-refractivity contribution in [2.45, 2.75) is 6.61 Å². The molecule has 0 N–H and O–H groups in total. The molecule has 0 atom stereocenters. The predicted octanol–water partition coefficient (Wildman–Crippen LogP) is 7.21. The molecule has 1 aliphatic heterocycles. The first-order valence-corrected chi connectivity index (χ1v) is 10.2. The van der Waals surface area contributed by atoms with E-state index in [1.54, 1.807) is 36.4 Å². The van der Waals surface area contributed by atoms with Crippen molar-refractivity contribution in [2.24, 2.45) is 0 Å². The maximum atomic E-state index is 12.2. The normalized spacial score (nSPS) is 14.6. The van der Waals surface area contributed by atoms with E-state index in [1.807, 2.05) is 42.5 Å². The summed E-state index contributed by atoms with van der Waals surface area (Å²) in [5.74, 6) is 0.819. The Hall–Kier alpha value is -2.72. The van der Waals surface area contributed by atoms with Crippen LogP contribution < -0.4 is 4.74 Å². The summed E-state index contributed by atoms with van der Waals surface area (Å²) in [5.41, 5.74) is 3.05. The van der Waals surface area contributed by atoms with Gasteiger partial charge in [0.15, 0.2) is 0 Å². The Morgan fingerprint density at radius 3 is 2.30 bits per heavy atom. The largest absolute Gasteiger partial charge is 0.489 e. The van der Waals surface area contributed by atoms with E-state index in [4.69, 9.17) is 44.3 Å².